The normalized spacial score (nSPS) is 13.5. The summed E-state index contributed by atoms with van der Waals surface area (Å²) in [6.45, 7) is 7.75. The summed E-state index contributed by atoms with van der Waals surface area (Å²) in [4.78, 5) is 47.2. The van der Waals surface area contributed by atoms with Crippen LogP contribution in [0.1, 0.15) is 184 Å². The molecule has 0 aliphatic heterocycles. The maximum atomic E-state index is 12.7. The Hall–Kier alpha value is -3.08. The molecule has 0 aromatic carbocycles. The Morgan fingerprint density at radius 3 is 1.85 bits per heavy atom. The molecule has 2 atom stereocenters. The van der Waals surface area contributed by atoms with Crippen LogP contribution in [0, 0.1) is 13.8 Å². The third-order valence-electron chi connectivity index (χ3n) is 10.4. The van der Waals surface area contributed by atoms with Crippen molar-refractivity contribution < 1.29 is 46.8 Å². The van der Waals surface area contributed by atoms with Crippen LogP contribution in [-0.2, 0) is 50.3 Å². The number of allylic oxidation sites excluding steroid dienone is 8. The van der Waals surface area contributed by atoms with Crippen LogP contribution < -0.4 is 5.73 Å². The molecular formula is C49H82NO10P. The van der Waals surface area contributed by atoms with Crippen molar-refractivity contribution >= 4 is 25.5 Å². The van der Waals surface area contributed by atoms with Crippen LogP contribution in [0.15, 0.2) is 53.0 Å². The first kappa shape index (κ1) is 55.9. The molecule has 11 nitrogen and oxygen atoms in total. The predicted molar refractivity (Wildman–Crippen MR) is 246 cm³/mol. The van der Waals surface area contributed by atoms with Crippen LogP contribution in [-0.4, -0.2) is 55.1 Å². The molecule has 0 bridgehead atoms. The number of esters is 2. The van der Waals surface area contributed by atoms with Crippen molar-refractivity contribution in [1.29, 1.82) is 0 Å². The van der Waals surface area contributed by atoms with Gasteiger partial charge in [0.1, 0.15) is 18.1 Å². The predicted octanol–water partition coefficient (Wildman–Crippen LogP) is 12.3. The van der Waals surface area contributed by atoms with Gasteiger partial charge in [-0.25, -0.2) is 4.57 Å². The molecule has 0 aliphatic rings. The van der Waals surface area contributed by atoms with E-state index in [0.29, 0.717) is 6.42 Å². The van der Waals surface area contributed by atoms with E-state index in [4.69, 9.17) is 28.7 Å². The van der Waals surface area contributed by atoms with Crippen LogP contribution in [0.5, 0.6) is 0 Å². The molecule has 0 aliphatic carbocycles. The molecule has 0 saturated carbocycles. The lowest BCUT2D eigenvalue weighted by Crippen LogP contribution is -2.29. The summed E-state index contributed by atoms with van der Waals surface area (Å²) in [7, 11) is -4.45. The van der Waals surface area contributed by atoms with Crippen LogP contribution in [0.25, 0.3) is 0 Å². The fraction of sp³-hybridized carbons (Fsp3) is 0.694. The summed E-state index contributed by atoms with van der Waals surface area (Å²) in [5, 5.41) is 0. The Morgan fingerprint density at radius 1 is 0.656 bits per heavy atom. The highest BCUT2D eigenvalue weighted by Crippen LogP contribution is 2.43. The molecule has 12 heteroatoms. The van der Waals surface area contributed by atoms with Gasteiger partial charge in [0.2, 0.25) is 0 Å². The number of phosphoric acid groups is 1. The average molecular weight is 876 g/mol. The Balaban J connectivity index is 2.30. The minimum atomic E-state index is -4.45. The maximum Gasteiger partial charge on any atom is 0.472 e. The number of carbonyl (C=O) groups is 3. The molecule has 1 heterocycles. The number of ketones is 1. The Kier molecular flexibility index (Phi) is 34.4. The summed E-state index contributed by atoms with van der Waals surface area (Å²) in [5.74, 6) is 1.14. The number of aryl methyl sites for hydroxylation is 2. The molecule has 348 valence electrons. The van der Waals surface area contributed by atoms with Crippen molar-refractivity contribution in [3.05, 3.63) is 71.3 Å². The molecular weight excluding hydrogens is 794 g/mol. The molecule has 0 radical (unpaired) electrons. The highest BCUT2D eigenvalue weighted by Gasteiger charge is 2.26. The largest absolute Gasteiger partial charge is 0.472 e. The minimum absolute atomic E-state index is 0.0146. The van der Waals surface area contributed by atoms with Crippen LogP contribution >= 0.6 is 7.82 Å². The van der Waals surface area contributed by atoms with Gasteiger partial charge in [0, 0.05) is 38.6 Å². The zero-order valence-corrected chi connectivity index (χ0v) is 39.2. The van der Waals surface area contributed by atoms with Gasteiger partial charge in [-0.2, -0.15) is 0 Å². The number of carbonyl (C=O) groups excluding carboxylic acids is 3. The second-order valence-corrected chi connectivity index (χ2v) is 17.3. The molecule has 0 amide bonds. The van der Waals surface area contributed by atoms with Gasteiger partial charge in [-0.1, -0.05) is 133 Å². The van der Waals surface area contributed by atoms with Crippen molar-refractivity contribution in [3.63, 3.8) is 0 Å². The molecule has 0 fully saturated rings. The number of nitrogens with two attached hydrogens (primary N) is 1. The number of hydrogen-bond acceptors (Lipinski definition) is 10. The molecule has 61 heavy (non-hydrogen) atoms. The summed E-state index contributed by atoms with van der Waals surface area (Å²) in [6.07, 6.45) is 38.2. The Bertz CT molecular complexity index is 1480. The van der Waals surface area contributed by atoms with E-state index in [9.17, 15) is 23.8 Å². The first-order valence-corrected chi connectivity index (χ1v) is 24.9. The van der Waals surface area contributed by atoms with Gasteiger partial charge in [0.25, 0.3) is 0 Å². The van der Waals surface area contributed by atoms with Crippen molar-refractivity contribution in [2.45, 2.75) is 194 Å². The monoisotopic (exact) mass is 876 g/mol. The lowest BCUT2D eigenvalue weighted by Gasteiger charge is -2.19. The maximum absolute atomic E-state index is 12.7. The molecule has 1 aromatic rings. The standard InChI is InChI=1S/C49H82NO10P/c1-5-7-9-10-11-12-13-14-15-18-21-24-28-32-44(51)33-31-37-48(52)56-40-45(41-58-61(54,55)57-39-38-50)59-49(53)36-30-26-23-20-17-16-19-22-25-29-35-47-43(4)42(3)46(60-47)34-27-8-6-2/h11-12,14-15,21,24,28,32,45H,5-10,13,16-20,22-23,25-27,29-31,33-41,50H2,1-4H3,(H,54,55)/b12-11-,15-14-,24-21-,32-28+/t45-/m1/s1. The van der Waals surface area contributed by atoms with E-state index >= 15 is 0 Å². The van der Waals surface area contributed by atoms with Crippen molar-refractivity contribution in [1.82, 2.24) is 0 Å². The molecule has 0 saturated heterocycles. The summed E-state index contributed by atoms with van der Waals surface area (Å²) in [6, 6.07) is 0. The van der Waals surface area contributed by atoms with Crippen LogP contribution in [0.2, 0.25) is 0 Å². The van der Waals surface area contributed by atoms with E-state index in [1.807, 2.05) is 12.2 Å². The molecule has 1 unspecified atom stereocenters. The lowest BCUT2D eigenvalue weighted by molar-refractivity contribution is -0.161. The highest BCUT2D eigenvalue weighted by molar-refractivity contribution is 7.47. The van der Waals surface area contributed by atoms with Crippen LogP contribution in [0.4, 0.5) is 0 Å². The third-order valence-corrected chi connectivity index (χ3v) is 11.4. The van der Waals surface area contributed by atoms with E-state index in [0.717, 1.165) is 57.8 Å². The molecule has 3 N–H and O–H groups in total. The van der Waals surface area contributed by atoms with E-state index in [1.54, 1.807) is 6.08 Å². The second-order valence-electron chi connectivity index (χ2n) is 15.9. The number of furan rings is 1. The minimum Gasteiger partial charge on any atom is -0.466 e. The number of unbranched alkanes of at least 4 members (excludes halogenated alkanes) is 14. The van der Waals surface area contributed by atoms with E-state index in [1.165, 1.54) is 99.4 Å². The van der Waals surface area contributed by atoms with Crippen molar-refractivity contribution in [2.75, 3.05) is 26.4 Å². The topological polar surface area (TPSA) is 165 Å². The fourth-order valence-corrected chi connectivity index (χ4v) is 7.35. The second kappa shape index (κ2) is 37.5. The van der Waals surface area contributed by atoms with E-state index in [-0.39, 0.29) is 51.2 Å². The smallest absolute Gasteiger partial charge is 0.466 e. The van der Waals surface area contributed by atoms with Gasteiger partial charge in [0.05, 0.1) is 13.2 Å². The zero-order valence-electron chi connectivity index (χ0n) is 38.3. The van der Waals surface area contributed by atoms with Gasteiger partial charge < -0.3 is 24.5 Å². The average Bonchev–Trinajstić information content (AvgIpc) is 3.50. The number of phosphoric ester groups is 1. The molecule has 1 rings (SSSR count). The first-order chi connectivity index (χ1) is 29.5. The zero-order chi connectivity index (χ0) is 44.8. The van der Waals surface area contributed by atoms with Gasteiger partial charge in [-0.3, -0.25) is 23.4 Å². The van der Waals surface area contributed by atoms with Crippen molar-refractivity contribution in [3.8, 4) is 0 Å². The number of ether oxygens (including phenoxy) is 2. The quantitative estimate of drug-likeness (QED) is 0.0161. The van der Waals surface area contributed by atoms with E-state index in [2.05, 4.69) is 52.0 Å². The summed E-state index contributed by atoms with van der Waals surface area (Å²) < 4.78 is 38.9. The van der Waals surface area contributed by atoms with Gasteiger partial charge in [0.15, 0.2) is 11.9 Å². The number of rotatable bonds is 40. The Morgan fingerprint density at radius 2 is 1.21 bits per heavy atom. The van der Waals surface area contributed by atoms with Gasteiger partial charge >= 0.3 is 19.8 Å². The van der Waals surface area contributed by atoms with Gasteiger partial charge in [-0.05, 0) is 82.4 Å². The first-order valence-electron chi connectivity index (χ1n) is 23.4. The molecule has 0 spiro atoms. The van der Waals surface area contributed by atoms with Gasteiger partial charge in [-0.15, -0.1) is 0 Å². The van der Waals surface area contributed by atoms with Crippen molar-refractivity contribution in [2.24, 2.45) is 5.73 Å². The summed E-state index contributed by atoms with van der Waals surface area (Å²) in [5.41, 5.74) is 8.01. The fourth-order valence-electron chi connectivity index (χ4n) is 6.59. The number of hydrogen-bond donors (Lipinski definition) is 2. The van der Waals surface area contributed by atoms with E-state index < -0.39 is 32.5 Å². The van der Waals surface area contributed by atoms with Crippen LogP contribution in [0.3, 0.4) is 0 Å². The summed E-state index contributed by atoms with van der Waals surface area (Å²) >= 11 is 0. The highest BCUT2D eigenvalue weighted by atomic mass is 31.2. The lowest BCUT2D eigenvalue weighted by atomic mass is 10.0. The molecule has 1 aromatic heterocycles. The third kappa shape index (κ3) is 31.4. The Labute approximate surface area is 369 Å². The SMILES string of the molecule is CCCCC/C=C\C/C=C\C/C=C\C=C\C(=O)CCCC(=O)OC[C@H](COP(=O)(O)OCCN)OC(=O)CCCCCCCCCCCCc1oc(CCCCC)c(C)c1C.